The quantitative estimate of drug-likeness (QED) is 0.677. The number of carboxylic acid groups (broad SMARTS) is 1. The zero-order chi connectivity index (χ0) is 15.0. The highest BCUT2D eigenvalue weighted by Crippen LogP contribution is 2.30. The maximum atomic E-state index is 11.3. The Kier molecular flexibility index (Phi) is 2.94. The van der Waals surface area contributed by atoms with Gasteiger partial charge in [-0.3, -0.25) is 4.68 Å². The summed E-state index contributed by atoms with van der Waals surface area (Å²) < 4.78 is 1.51. The second-order valence-electron chi connectivity index (χ2n) is 4.55. The van der Waals surface area contributed by atoms with Crippen LogP contribution in [0.2, 0.25) is 0 Å². The lowest BCUT2D eigenvalue weighted by molar-refractivity contribution is 0.0689. The third-order valence-corrected chi connectivity index (χ3v) is 3.19. The second kappa shape index (κ2) is 4.78. The van der Waals surface area contributed by atoms with Gasteiger partial charge in [0.25, 0.3) is 0 Å². The van der Waals surface area contributed by atoms with Crippen molar-refractivity contribution in [2.45, 2.75) is 0 Å². The third kappa shape index (κ3) is 2.25. The first-order valence-corrected chi connectivity index (χ1v) is 6.21. The van der Waals surface area contributed by atoms with Crippen molar-refractivity contribution >= 4 is 5.97 Å². The van der Waals surface area contributed by atoms with Crippen LogP contribution in [0.5, 0.6) is 0 Å². The number of carbonyl (C=O) groups is 1. The topological polar surface area (TPSA) is 104 Å². The van der Waals surface area contributed by atoms with Crippen LogP contribution >= 0.6 is 0 Å². The van der Waals surface area contributed by atoms with Crippen molar-refractivity contribution in [2.75, 3.05) is 0 Å². The molecular formula is C14H12N4O3. The van der Waals surface area contributed by atoms with E-state index in [0.717, 1.165) is 11.1 Å². The van der Waals surface area contributed by atoms with Crippen LogP contribution in [-0.2, 0) is 7.05 Å². The number of benzene rings is 1. The van der Waals surface area contributed by atoms with Crippen LogP contribution in [0.15, 0.2) is 41.3 Å². The summed E-state index contributed by atoms with van der Waals surface area (Å²) in [5.41, 5.74) is 2.55. The summed E-state index contributed by atoms with van der Waals surface area (Å²) in [7, 11) is 1.68. The molecule has 0 spiro atoms. The van der Waals surface area contributed by atoms with Crippen LogP contribution in [-0.4, -0.2) is 30.8 Å². The number of nitrogens with one attached hydrogen (secondary N) is 2. The van der Waals surface area contributed by atoms with Gasteiger partial charge in [-0.25, -0.2) is 9.59 Å². The highest BCUT2D eigenvalue weighted by atomic mass is 16.4. The Balaban J connectivity index is 2.20. The van der Waals surface area contributed by atoms with Crippen LogP contribution in [0.1, 0.15) is 10.5 Å². The number of rotatable bonds is 3. The van der Waals surface area contributed by atoms with Gasteiger partial charge in [-0.2, -0.15) is 5.10 Å². The minimum absolute atomic E-state index is 0.0233. The fraction of sp³-hybridized carbons (Fsp3) is 0.0714. The summed E-state index contributed by atoms with van der Waals surface area (Å²) in [6, 6.07) is 8.90. The minimum Gasteiger partial charge on any atom is -0.476 e. The highest BCUT2D eigenvalue weighted by molar-refractivity contribution is 5.88. The molecule has 3 rings (SSSR count). The van der Waals surface area contributed by atoms with E-state index in [9.17, 15) is 9.59 Å². The number of aromatic amines is 2. The van der Waals surface area contributed by atoms with Crippen molar-refractivity contribution < 1.29 is 9.90 Å². The molecule has 0 fully saturated rings. The number of aromatic nitrogens is 4. The van der Waals surface area contributed by atoms with Gasteiger partial charge in [0.05, 0.1) is 11.4 Å². The van der Waals surface area contributed by atoms with E-state index in [2.05, 4.69) is 15.1 Å². The minimum atomic E-state index is -1.08. The Hall–Kier alpha value is -3.09. The van der Waals surface area contributed by atoms with E-state index < -0.39 is 5.97 Å². The van der Waals surface area contributed by atoms with E-state index in [1.54, 1.807) is 13.2 Å². The number of nitrogens with zero attached hydrogens (tertiary/aromatic N) is 2. The molecule has 3 N–H and O–H groups in total. The average Bonchev–Trinajstić information content (AvgIpc) is 3.05. The van der Waals surface area contributed by atoms with Gasteiger partial charge in [0.2, 0.25) is 0 Å². The summed E-state index contributed by atoms with van der Waals surface area (Å²) in [5.74, 6) is -1.08. The van der Waals surface area contributed by atoms with Gasteiger partial charge in [0.1, 0.15) is 0 Å². The molecule has 0 atom stereocenters. The number of hydrogen-bond donors (Lipinski definition) is 3. The van der Waals surface area contributed by atoms with Gasteiger partial charge in [-0.1, -0.05) is 24.3 Å². The normalized spacial score (nSPS) is 10.7. The molecule has 2 heterocycles. The van der Waals surface area contributed by atoms with Crippen LogP contribution in [0.4, 0.5) is 0 Å². The van der Waals surface area contributed by atoms with E-state index in [0.29, 0.717) is 11.4 Å². The summed E-state index contributed by atoms with van der Waals surface area (Å²) in [6.07, 6.45) is 1.58. The second-order valence-corrected chi connectivity index (χ2v) is 4.55. The molecule has 0 saturated carbocycles. The molecule has 0 radical (unpaired) electrons. The fourth-order valence-electron chi connectivity index (χ4n) is 2.24. The first kappa shape index (κ1) is 12.9. The number of imidazole rings is 1. The molecule has 0 bridgehead atoms. The monoisotopic (exact) mass is 284 g/mol. The smallest absolute Gasteiger partial charge is 0.356 e. The Morgan fingerprint density at radius 3 is 2.57 bits per heavy atom. The molecule has 7 heteroatoms. The highest BCUT2D eigenvalue weighted by Gasteiger charge is 2.16. The van der Waals surface area contributed by atoms with Gasteiger partial charge < -0.3 is 15.1 Å². The van der Waals surface area contributed by atoms with Crippen molar-refractivity contribution in [3.63, 3.8) is 0 Å². The van der Waals surface area contributed by atoms with Crippen LogP contribution in [0.3, 0.4) is 0 Å². The van der Waals surface area contributed by atoms with E-state index in [4.69, 9.17) is 5.11 Å². The molecule has 106 valence electrons. The molecule has 2 aromatic heterocycles. The lowest BCUT2D eigenvalue weighted by Crippen LogP contribution is -2.01. The van der Waals surface area contributed by atoms with Crippen LogP contribution in [0.25, 0.3) is 22.5 Å². The number of H-pyrrole nitrogens is 2. The molecule has 21 heavy (non-hydrogen) atoms. The maximum absolute atomic E-state index is 11.3. The fourth-order valence-corrected chi connectivity index (χ4v) is 2.24. The average molecular weight is 284 g/mol. The van der Waals surface area contributed by atoms with Crippen molar-refractivity contribution in [2.24, 2.45) is 7.05 Å². The van der Waals surface area contributed by atoms with Crippen molar-refractivity contribution in [3.8, 4) is 22.5 Å². The third-order valence-electron chi connectivity index (χ3n) is 3.19. The predicted molar refractivity (Wildman–Crippen MR) is 76.0 cm³/mol. The standard InChI is InChI=1S/C14H12N4O3/c1-18-12(6-10(17-18)13(19)20)9-5-3-2-4-8(9)11-7-15-14(21)16-11/h2-7H,1H3,(H,19,20)(H2,15,16,21). The molecule has 0 aliphatic heterocycles. The molecule has 0 aliphatic carbocycles. The molecular weight excluding hydrogens is 272 g/mol. The molecule has 7 nitrogen and oxygen atoms in total. The van der Waals surface area contributed by atoms with Crippen LogP contribution < -0.4 is 5.69 Å². The Morgan fingerprint density at radius 1 is 1.29 bits per heavy atom. The lowest BCUT2D eigenvalue weighted by Gasteiger charge is -2.07. The Labute approximate surface area is 118 Å². The predicted octanol–water partition coefficient (Wildman–Crippen LogP) is 1.47. The van der Waals surface area contributed by atoms with E-state index in [-0.39, 0.29) is 11.4 Å². The van der Waals surface area contributed by atoms with E-state index in [1.807, 2.05) is 24.3 Å². The molecule has 0 aliphatic rings. The summed E-state index contributed by atoms with van der Waals surface area (Å²) in [4.78, 5) is 27.5. The summed E-state index contributed by atoms with van der Waals surface area (Å²) in [5, 5.41) is 13.0. The SMILES string of the molecule is Cn1nc(C(=O)O)cc1-c1ccccc1-c1c[nH]c(=O)[nH]1. The molecule has 0 amide bonds. The van der Waals surface area contributed by atoms with Gasteiger partial charge in [-0.15, -0.1) is 0 Å². The van der Waals surface area contributed by atoms with Crippen molar-refractivity contribution in [1.29, 1.82) is 0 Å². The summed E-state index contributed by atoms with van der Waals surface area (Å²) >= 11 is 0. The van der Waals surface area contributed by atoms with Gasteiger partial charge in [0, 0.05) is 24.4 Å². The van der Waals surface area contributed by atoms with Crippen LogP contribution in [0, 0.1) is 0 Å². The Bertz CT molecular complexity index is 872. The van der Waals surface area contributed by atoms with Crippen molar-refractivity contribution in [1.82, 2.24) is 19.7 Å². The zero-order valence-corrected chi connectivity index (χ0v) is 11.1. The number of aromatic carboxylic acids is 1. The molecule has 3 aromatic rings. The van der Waals surface area contributed by atoms with Gasteiger partial charge >= 0.3 is 11.7 Å². The maximum Gasteiger partial charge on any atom is 0.356 e. The first-order chi connectivity index (χ1) is 10.1. The van der Waals surface area contributed by atoms with Gasteiger partial charge in [-0.05, 0) is 6.07 Å². The molecule has 1 aromatic carbocycles. The zero-order valence-electron chi connectivity index (χ0n) is 11.1. The van der Waals surface area contributed by atoms with Crippen molar-refractivity contribution in [3.05, 3.63) is 52.7 Å². The number of carboxylic acids is 1. The largest absolute Gasteiger partial charge is 0.476 e. The molecule has 0 unspecified atom stereocenters. The van der Waals surface area contributed by atoms with Gasteiger partial charge in [0.15, 0.2) is 5.69 Å². The molecule has 0 saturated heterocycles. The first-order valence-electron chi connectivity index (χ1n) is 6.21. The number of hydrogen-bond acceptors (Lipinski definition) is 3. The summed E-state index contributed by atoms with van der Waals surface area (Å²) in [6.45, 7) is 0. The van der Waals surface area contributed by atoms with E-state index in [1.165, 1.54) is 10.7 Å². The lowest BCUT2D eigenvalue weighted by atomic mass is 10.0. The van der Waals surface area contributed by atoms with E-state index >= 15 is 0 Å². The Morgan fingerprint density at radius 2 is 2.00 bits per heavy atom. The number of aryl methyl sites for hydroxylation is 1.